The van der Waals surface area contributed by atoms with Crippen LogP contribution in [-0.2, 0) is 13.1 Å². The van der Waals surface area contributed by atoms with Crippen LogP contribution in [0.2, 0.25) is 0 Å². The van der Waals surface area contributed by atoms with Crippen LogP contribution < -0.4 is 0 Å². The van der Waals surface area contributed by atoms with E-state index >= 15 is 0 Å². The first-order valence-electron chi connectivity index (χ1n) is 4.81. The van der Waals surface area contributed by atoms with Gasteiger partial charge in [-0.2, -0.15) is 10.2 Å². The molecular weight excluding hydrogens is 192 g/mol. The second-order valence-electron chi connectivity index (χ2n) is 2.72. The number of nitrogens with zero attached hydrogens (tertiary/aromatic N) is 4. The molecular formula is C10H18N4O. The fraction of sp³-hybridized carbons (Fsp3) is 0.400. The molecule has 5 nitrogen and oxygen atoms in total. The molecule has 0 aliphatic carbocycles. The summed E-state index contributed by atoms with van der Waals surface area (Å²) in [4.78, 5) is 0. The van der Waals surface area contributed by atoms with E-state index < -0.39 is 0 Å². The molecule has 0 saturated carbocycles. The second-order valence-corrected chi connectivity index (χ2v) is 2.72. The zero-order valence-corrected chi connectivity index (χ0v) is 9.17. The molecule has 0 unspecified atom stereocenters. The Bertz CT molecular complexity index is 281. The summed E-state index contributed by atoms with van der Waals surface area (Å²) in [6.45, 7) is 6.06. The smallest absolute Gasteiger partial charge is 0.0489 e. The monoisotopic (exact) mass is 210 g/mol. The van der Waals surface area contributed by atoms with Crippen molar-refractivity contribution in [3.05, 3.63) is 36.9 Å². The quantitative estimate of drug-likeness (QED) is 0.741. The van der Waals surface area contributed by atoms with E-state index in [0.717, 1.165) is 13.1 Å². The van der Waals surface area contributed by atoms with Crippen LogP contribution in [0.5, 0.6) is 0 Å². The zero-order valence-electron chi connectivity index (χ0n) is 9.17. The van der Waals surface area contributed by atoms with Crippen molar-refractivity contribution in [2.24, 2.45) is 0 Å². The van der Waals surface area contributed by atoms with Crippen LogP contribution in [0.25, 0.3) is 0 Å². The molecule has 2 aromatic heterocycles. The number of hydrogen-bond donors (Lipinski definition) is 0. The first kappa shape index (κ1) is 13.4. The van der Waals surface area contributed by atoms with Crippen LogP contribution >= 0.6 is 0 Å². The van der Waals surface area contributed by atoms with Crippen LogP contribution in [0.4, 0.5) is 0 Å². The minimum absolute atomic E-state index is 0. The van der Waals surface area contributed by atoms with Crippen LogP contribution in [-0.4, -0.2) is 25.0 Å². The van der Waals surface area contributed by atoms with Crippen molar-refractivity contribution in [3.8, 4) is 0 Å². The summed E-state index contributed by atoms with van der Waals surface area (Å²) in [6, 6.07) is 3.84. The summed E-state index contributed by atoms with van der Waals surface area (Å²) in [5, 5.41) is 7.90. The molecule has 0 atom stereocenters. The van der Waals surface area contributed by atoms with Gasteiger partial charge in [-0.1, -0.05) is 0 Å². The largest absolute Gasteiger partial charge is 0.412 e. The van der Waals surface area contributed by atoms with Gasteiger partial charge in [0.2, 0.25) is 0 Å². The van der Waals surface area contributed by atoms with Gasteiger partial charge in [-0.25, -0.2) is 0 Å². The van der Waals surface area contributed by atoms with E-state index in [4.69, 9.17) is 0 Å². The van der Waals surface area contributed by atoms with Gasteiger partial charge in [-0.05, 0) is 26.0 Å². The molecule has 0 radical (unpaired) electrons. The van der Waals surface area contributed by atoms with E-state index in [1.165, 1.54) is 0 Å². The van der Waals surface area contributed by atoms with Crippen molar-refractivity contribution in [3.63, 3.8) is 0 Å². The third-order valence-corrected chi connectivity index (χ3v) is 1.77. The standard InChI is InChI=1S/2C5H8N2.H2O/c2*1-2-7-5-3-4-6-7;/h2*3-5H,2H2,1H3;1H2. The van der Waals surface area contributed by atoms with Gasteiger partial charge in [0.1, 0.15) is 0 Å². The summed E-state index contributed by atoms with van der Waals surface area (Å²) < 4.78 is 3.75. The highest BCUT2D eigenvalue weighted by Gasteiger charge is 1.77. The Balaban J connectivity index is 0.000000245. The van der Waals surface area contributed by atoms with Gasteiger partial charge in [0.05, 0.1) is 0 Å². The van der Waals surface area contributed by atoms with Crippen molar-refractivity contribution in [1.82, 2.24) is 19.6 Å². The van der Waals surface area contributed by atoms with E-state index in [1.807, 2.05) is 33.9 Å². The normalized spacial score (nSPS) is 8.67. The van der Waals surface area contributed by atoms with Crippen molar-refractivity contribution in [1.29, 1.82) is 0 Å². The second kappa shape index (κ2) is 7.75. The van der Waals surface area contributed by atoms with Crippen LogP contribution in [0.1, 0.15) is 13.8 Å². The van der Waals surface area contributed by atoms with Crippen molar-refractivity contribution in [2.45, 2.75) is 26.9 Å². The molecule has 2 rings (SSSR count). The van der Waals surface area contributed by atoms with Gasteiger partial charge in [0.25, 0.3) is 0 Å². The highest BCUT2D eigenvalue weighted by Crippen LogP contribution is 1.80. The van der Waals surface area contributed by atoms with Crippen LogP contribution in [0.15, 0.2) is 36.9 Å². The molecule has 0 aromatic carbocycles. The number of aryl methyl sites for hydroxylation is 2. The summed E-state index contributed by atoms with van der Waals surface area (Å²) in [7, 11) is 0. The van der Waals surface area contributed by atoms with Crippen LogP contribution in [0, 0.1) is 0 Å². The number of hydrogen-bond acceptors (Lipinski definition) is 2. The lowest BCUT2D eigenvalue weighted by Gasteiger charge is -1.87. The average Bonchev–Trinajstić information content (AvgIpc) is 2.92. The minimum atomic E-state index is 0. The molecule has 0 bridgehead atoms. The van der Waals surface area contributed by atoms with Gasteiger partial charge in [0.15, 0.2) is 0 Å². The maximum Gasteiger partial charge on any atom is 0.0489 e. The molecule has 0 saturated heterocycles. The van der Waals surface area contributed by atoms with E-state index in [9.17, 15) is 0 Å². The molecule has 2 N–H and O–H groups in total. The Morgan fingerprint density at radius 3 is 1.40 bits per heavy atom. The molecule has 0 aliphatic heterocycles. The van der Waals surface area contributed by atoms with E-state index in [-0.39, 0.29) is 5.48 Å². The van der Waals surface area contributed by atoms with Gasteiger partial charge in [-0.3, -0.25) is 9.36 Å². The predicted molar refractivity (Wildman–Crippen MR) is 59.4 cm³/mol. The Morgan fingerprint density at radius 1 is 0.867 bits per heavy atom. The Hall–Kier alpha value is -1.62. The molecule has 5 heteroatoms. The lowest BCUT2D eigenvalue weighted by molar-refractivity contribution is 0.660. The number of rotatable bonds is 2. The van der Waals surface area contributed by atoms with E-state index in [2.05, 4.69) is 24.0 Å². The topological polar surface area (TPSA) is 67.1 Å². The molecule has 0 aliphatic rings. The highest BCUT2D eigenvalue weighted by molar-refractivity contribution is 4.77. The summed E-state index contributed by atoms with van der Waals surface area (Å²) in [6.07, 6.45) is 7.45. The maximum absolute atomic E-state index is 3.95. The van der Waals surface area contributed by atoms with E-state index in [0.29, 0.717) is 0 Å². The highest BCUT2D eigenvalue weighted by atomic mass is 16.0. The fourth-order valence-corrected chi connectivity index (χ4v) is 0.975. The SMILES string of the molecule is CCn1cccn1.CCn1cccn1.O. The molecule has 2 heterocycles. The van der Waals surface area contributed by atoms with Crippen molar-refractivity contribution < 1.29 is 5.48 Å². The maximum atomic E-state index is 3.95. The van der Waals surface area contributed by atoms with Gasteiger partial charge >= 0.3 is 0 Å². The predicted octanol–water partition coefficient (Wildman–Crippen LogP) is 0.981. The lowest BCUT2D eigenvalue weighted by Crippen LogP contribution is -1.91. The first-order chi connectivity index (χ1) is 6.86. The molecule has 15 heavy (non-hydrogen) atoms. The molecule has 0 spiro atoms. The summed E-state index contributed by atoms with van der Waals surface area (Å²) in [5.41, 5.74) is 0. The van der Waals surface area contributed by atoms with Gasteiger partial charge in [0, 0.05) is 37.9 Å². The van der Waals surface area contributed by atoms with Crippen molar-refractivity contribution >= 4 is 0 Å². The first-order valence-corrected chi connectivity index (χ1v) is 4.81. The van der Waals surface area contributed by atoms with Gasteiger partial charge < -0.3 is 5.48 Å². The lowest BCUT2D eigenvalue weighted by atomic mass is 10.7. The fourth-order valence-electron chi connectivity index (χ4n) is 0.975. The summed E-state index contributed by atoms with van der Waals surface area (Å²) >= 11 is 0. The third-order valence-electron chi connectivity index (χ3n) is 1.77. The molecule has 0 amide bonds. The Morgan fingerprint density at radius 2 is 1.27 bits per heavy atom. The van der Waals surface area contributed by atoms with E-state index in [1.54, 1.807) is 12.4 Å². The van der Waals surface area contributed by atoms with Crippen LogP contribution in [0.3, 0.4) is 0 Å². The van der Waals surface area contributed by atoms with Gasteiger partial charge in [-0.15, -0.1) is 0 Å². The molecule has 0 fully saturated rings. The Kier molecular flexibility index (Phi) is 6.92. The molecule has 84 valence electrons. The Labute approximate surface area is 89.6 Å². The minimum Gasteiger partial charge on any atom is -0.412 e. The van der Waals surface area contributed by atoms with Crippen molar-refractivity contribution in [2.75, 3.05) is 0 Å². The third kappa shape index (κ3) is 4.97. The summed E-state index contributed by atoms with van der Waals surface area (Å²) in [5.74, 6) is 0. The number of aromatic nitrogens is 4. The zero-order chi connectivity index (χ0) is 10.2. The average molecular weight is 210 g/mol. The molecule has 2 aromatic rings.